The highest BCUT2D eigenvalue weighted by Crippen LogP contribution is 2.35. The predicted octanol–water partition coefficient (Wildman–Crippen LogP) is 2.42. The molecule has 2 atom stereocenters. The van der Waals surface area contributed by atoms with Gasteiger partial charge in [-0.1, -0.05) is 18.0 Å². The summed E-state index contributed by atoms with van der Waals surface area (Å²) in [5.41, 5.74) is 5.48. The summed E-state index contributed by atoms with van der Waals surface area (Å²) in [6.07, 6.45) is 8.18. The van der Waals surface area contributed by atoms with Crippen LogP contribution in [0.25, 0.3) is 0 Å². The lowest BCUT2D eigenvalue weighted by atomic mass is 9.78. The average molecular weight is 278 g/mol. The predicted molar refractivity (Wildman–Crippen MR) is 76.9 cm³/mol. The molecule has 2 fully saturated rings. The van der Waals surface area contributed by atoms with E-state index in [0.29, 0.717) is 11.7 Å². The molecule has 0 unspecified atom stereocenters. The summed E-state index contributed by atoms with van der Waals surface area (Å²) in [4.78, 5) is 7.02. The molecular weight excluding hydrogens is 252 g/mol. The monoisotopic (exact) mass is 278 g/mol. The van der Waals surface area contributed by atoms with Gasteiger partial charge < -0.3 is 10.3 Å². The van der Waals surface area contributed by atoms with Gasteiger partial charge in [0.15, 0.2) is 5.82 Å². The van der Waals surface area contributed by atoms with Gasteiger partial charge in [-0.05, 0) is 52.0 Å². The van der Waals surface area contributed by atoms with Gasteiger partial charge in [0.2, 0.25) is 5.89 Å². The van der Waals surface area contributed by atoms with E-state index >= 15 is 0 Å². The van der Waals surface area contributed by atoms with Gasteiger partial charge in [-0.2, -0.15) is 4.98 Å². The van der Waals surface area contributed by atoms with Crippen LogP contribution in [0.1, 0.15) is 64.1 Å². The number of piperidine rings is 1. The topological polar surface area (TPSA) is 68.2 Å². The fourth-order valence-electron chi connectivity index (χ4n) is 3.68. The maximum atomic E-state index is 6.01. The molecule has 1 aliphatic heterocycles. The molecule has 0 spiro atoms. The van der Waals surface area contributed by atoms with E-state index in [9.17, 15) is 0 Å². The highest BCUT2D eigenvalue weighted by atomic mass is 16.5. The summed E-state index contributed by atoms with van der Waals surface area (Å²) in [5, 5.41) is 4.02. The SMILES string of the molecule is CC(C)(N)c1noc(CN2CCC[C@H]3CCCC[C@H]32)n1. The normalized spacial score (nSPS) is 28.4. The zero-order chi connectivity index (χ0) is 14.2. The Hall–Kier alpha value is -0.940. The molecule has 2 aliphatic rings. The van der Waals surface area contributed by atoms with E-state index in [1.807, 2.05) is 13.8 Å². The summed E-state index contributed by atoms with van der Waals surface area (Å²) in [7, 11) is 0. The molecule has 2 N–H and O–H groups in total. The Labute approximate surface area is 120 Å². The Balaban J connectivity index is 1.68. The lowest BCUT2D eigenvalue weighted by molar-refractivity contribution is 0.0466. The molecule has 1 aromatic heterocycles. The number of hydrogen-bond donors (Lipinski definition) is 1. The zero-order valence-corrected chi connectivity index (χ0v) is 12.6. The van der Waals surface area contributed by atoms with Gasteiger partial charge in [-0.25, -0.2) is 0 Å². The second kappa shape index (κ2) is 5.45. The van der Waals surface area contributed by atoms with Crippen LogP contribution in [0, 0.1) is 5.92 Å². The van der Waals surface area contributed by atoms with E-state index in [1.54, 1.807) is 0 Å². The number of fused-ring (bicyclic) bond motifs is 1. The van der Waals surface area contributed by atoms with E-state index < -0.39 is 5.54 Å². The number of nitrogens with two attached hydrogens (primary N) is 1. The molecule has 3 rings (SSSR count). The highest BCUT2D eigenvalue weighted by molar-refractivity contribution is 4.99. The van der Waals surface area contributed by atoms with Crippen molar-refractivity contribution in [3.8, 4) is 0 Å². The third-order valence-electron chi connectivity index (χ3n) is 4.74. The first kappa shape index (κ1) is 14.0. The Morgan fingerprint density at radius 2 is 2.00 bits per heavy atom. The summed E-state index contributed by atoms with van der Waals surface area (Å²) in [6.45, 7) is 5.74. The van der Waals surface area contributed by atoms with Gasteiger partial charge in [-0.15, -0.1) is 0 Å². The molecular formula is C15H26N4O. The molecule has 112 valence electrons. The van der Waals surface area contributed by atoms with Crippen molar-refractivity contribution in [1.29, 1.82) is 0 Å². The van der Waals surface area contributed by atoms with Gasteiger partial charge in [0.1, 0.15) is 0 Å². The maximum absolute atomic E-state index is 6.01. The first-order chi connectivity index (χ1) is 9.54. The Kier molecular flexibility index (Phi) is 3.82. The lowest BCUT2D eigenvalue weighted by Gasteiger charge is -2.43. The van der Waals surface area contributed by atoms with E-state index in [-0.39, 0.29) is 0 Å². The summed E-state index contributed by atoms with van der Waals surface area (Å²) >= 11 is 0. The molecule has 20 heavy (non-hydrogen) atoms. The quantitative estimate of drug-likeness (QED) is 0.919. The maximum Gasteiger partial charge on any atom is 0.240 e. The van der Waals surface area contributed by atoms with Crippen molar-refractivity contribution >= 4 is 0 Å². The van der Waals surface area contributed by atoms with Crippen LogP contribution in [0.3, 0.4) is 0 Å². The molecule has 0 radical (unpaired) electrons. The van der Waals surface area contributed by atoms with Crippen molar-refractivity contribution < 1.29 is 4.52 Å². The molecule has 1 aromatic rings. The number of aromatic nitrogens is 2. The number of rotatable bonds is 3. The molecule has 0 aromatic carbocycles. The van der Waals surface area contributed by atoms with Crippen molar-refractivity contribution in [3.63, 3.8) is 0 Å². The molecule has 5 nitrogen and oxygen atoms in total. The fraction of sp³-hybridized carbons (Fsp3) is 0.867. The third-order valence-corrected chi connectivity index (χ3v) is 4.74. The minimum atomic E-state index is -0.531. The van der Waals surface area contributed by atoms with Crippen molar-refractivity contribution in [2.24, 2.45) is 11.7 Å². The lowest BCUT2D eigenvalue weighted by Crippen LogP contribution is -2.46. The minimum absolute atomic E-state index is 0.531. The van der Waals surface area contributed by atoms with E-state index in [0.717, 1.165) is 25.0 Å². The molecule has 0 amide bonds. The number of nitrogens with zero attached hydrogens (tertiary/aromatic N) is 3. The van der Waals surface area contributed by atoms with Gasteiger partial charge in [0, 0.05) is 6.04 Å². The van der Waals surface area contributed by atoms with Gasteiger partial charge >= 0.3 is 0 Å². The van der Waals surface area contributed by atoms with E-state index in [1.165, 1.54) is 38.5 Å². The fourth-order valence-corrected chi connectivity index (χ4v) is 3.68. The number of likely N-dealkylation sites (tertiary alicyclic amines) is 1. The van der Waals surface area contributed by atoms with Crippen LogP contribution in [0.15, 0.2) is 4.52 Å². The molecule has 5 heteroatoms. The average Bonchev–Trinajstić information content (AvgIpc) is 2.88. The molecule has 0 bridgehead atoms. The van der Waals surface area contributed by atoms with Crippen LogP contribution in [-0.4, -0.2) is 27.6 Å². The smallest absolute Gasteiger partial charge is 0.240 e. The Morgan fingerprint density at radius 1 is 1.25 bits per heavy atom. The third kappa shape index (κ3) is 2.88. The van der Waals surface area contributed by atoms with E-state index in [2.05, 4.69) is 15.0 Å². The van der Waals surface area contributed by atoms with Crippen LogP contribution in [0.2, 0.25) is 0 Å². The summed E-state index contributed by atoms with van der Waals surface area (Å²) in [6, 6.07) is 0.721. The van der Waals surface area contributed by atoms with Crippen LogP contribution >= 0.6 is 0 Å². The first-order valence-electron chi connectivity index (χ1n) is 7.90. The van der Waals surface area contributed by atoms with Gasteiger partial charge in [0.05, 0.1) is 12.1 Å². The van der Waals surface area contributed by atoms with Crippen LogP contribution in [0.5, 0.6) is 0 Å². The molecule has 1 saturated carbocycles. The standard InChI is InChI=1S/C15H26N4O/c1-15(2,16)14-17-13(20-18-14)10-19-9-5-7-11-6-3-4-8-12(11)19/h11-12H,3-10,16H2,1-2H3/t11-,12-/m1/s1. The molecule has 1 aliphatic carbocycles. The second-order valence-electron chi connectivity index (χ2n) is 6.96. The summed E-state index contributed by atoms with van der Waals surface area (Å²) < 4.78 is 5.39. The van der Waals surface area contributed by atoms with Crippen molar-refractivity contribution in [2.75, 3.05) is 6.54 Å². The highest BCUT2D eigenvalue weighted by Gasteiger charge is 2.34. The molecule has 1 saturated heterocycles. The first-order valence-corrected chi connectivity index (χ1v) is 7.90. The van der Waals surface area contributed by atoms with Crippen molar-refractivity contribution in [3.05, 3.63) is 11.7 Å². The summed E-state index contributed by atoms with van der Waals surface area (Å²) in [5.74, 6) is 2.19. The van der Waals surface area contributed by atoms with Crippen LogP contribution in [0.4, 0.5) is 0 Å². The Morgan fingerprint density at radius 3 is 2.75 bits per heavy atom. The minimum Gasteiger partial charge on any atom is -0.338 e. The Bertz CT molecular complexity index is 449. The van der Waals surface area contributed by atoms with Crippen LogP contribution < -0.4 is 5.73 Å². The zero-order valence-electron chi connectivity index (χ0n) is 12.6. The number of hydrogen-bond acceptors (Lipinski definition) is 5. The van der Waals surface area contributed by atoms with Gasteiger partial charge in [-0.3, -0.25) is 4.90 Å². The van der Waals surface area contributed by atoms with Crippen molar-refractivity contribution in [2.45, 2.75) is 70.5 Å². The second-order valence-corrected chi connectivity index (χ2v) is 6.96. The largest absolute Gasteiger partial charge is 0.338 e. The van der Waals surface area contributed by atoms with Crippen molar-refractivity contribution in [1.82, 2.24) is 15.0 Å². The molecule has 2 heterocycles. The van der Waals surface area contributed by atoms with E-state index in [4.69, 9.17) is 10.3 Å². The van der Waals surface area contributed by atoms with Gasteiger partial charge in [0.25, 0.3) is 0 Å². The van der Waals surface area contributed by atoms with Crippen LogP contribution in [-0.2, 0) is 12.1 Å².